The summed E-state index contributed by atoms with van der Waals surface area (Å²) in [4.78, 5) is 0. The van der Waals surface area contributed by atoms with E-state index in [0.717, 1.165) is 5.69 Å². The van der Waals surface area contributed by atoms with Crippen LogP contribution in [-0.2, 0) is 4.74 Å². The average Bonchev–Trinajstić information content (AvgIpc) is 2.14. The van der Waals surface area contributed by atoms with E-state index in [4.69, 9.17) is 4.74 Å². The quantitative estimate of drug-likeness (QED) is 0.776. The van der Waals surface area contributed by atoms with Crippen LogP contribution in [0.3, 0.4) is 0 Å². The molecule has 0 aliphatic heterocycles. The van der Waals surface area contributed by atoms with Crippen molar-refractivity contribution in [3.63, 3.8) is 0 Å². The van der Waals surface area contributed by atoms with E-state index in [2.05, 4.69) is 37.4 Å². The van der Waals surface area contributed by atoms with Crippen LogP contribution in [0, 0.1) is 13.8 Å². The van der Waals surface area contributed by atoms with Crippen LogP contribution in [0.25, 0.3) is 0 Å². The lowest BCUT2D eigenvalue weighted by Crippen LogP contribution is -2.24. The Balaban J connectivity index is 2.50. The number of aliphatic hydroxyl groups is 1. The molecule has 1 atom stereocenters. The third-order valence-corrected chi connectivity index (χ3v) is 2.12. The minimum absolute atomic E-state index is 0.359. The van der Waals surface area contributed by atoms with E-state index >= 15 is 0 Å². The highest BCUT2D eigenvalue weighted by Gasteiger charge is 2.02. The number of rotatable bonds is 5. The first-order valence-electron chi connectivity index (χ1n) is 5.11. The Morgan fingerprint density at radius 1 is 1.27 bits per heavy atom. The minimum atomic E-state index is -0.462. The number of aliphatic hydroxyl groups excluding tert-OH is 1. The molecule has 1 aromatic rings. The summed E-state index contributed by atoms with van der Waals surface area (Å²) in [5.74, 6) is 0. The van der Waals surface area contributed by atoms with Crippen molar-refractivity contribution in [2.75, 3.05) is 25.6 Å². The van der Waals surface area contributed by atoms with Gasteiger partial charge in [0.05, 0.1) is 12.7 Å². The van der Waals surface area contributed by atoms with E-state index in [-0.39, 0.29) is 0 Å². The van der Waals surface area contributed by atoms with Crippen LogP contribution in [0.5, 0.6) is 0 Å². The van der Waals surface area contributed by atoms with Crippen molar-refractivity contribution in [2.24, 2.45) is 0 Å². The van der Waals surface area contributed by atoms with Gasteiger partial charge in [0.2, 0.25) is 0 Å². The Kier molecular flexibility index (Phi) is 4.59. The van der Waals surface area contributed by atoms with E-state index in [9.17, 15) is 5.11 Å². The fraction of sp³-hybridized carbons (Fsp3) is 0.500. The summed E-state index contributed by atoms with van der Waals surface area (Å²) in [6, 6.07) is 6.25. The number of nitrogens with one attached hydrogen (secondary N) is 1. The van der Waals surface area contributed by atoms with Crippen LogP contribution >= 0.6 is 0 Å². The van der Waals surface area contributed by atoms with Crippen molar-refractivity contribution < 1.29 is 9.84 Å². The van der Waals surface area contributed by atoms with Crippen LogP contribution in [0.1, 0.15) is 11.1 Å². The third-order valence-electron chi connectivity index (χ3n) is 2.12. The normalized spacial score (nSPS) is 12.5. The predicted octanol–water partition coefficient (Wildman–Crippen LogP) is 1.72. The van der Waals surface area contributed by atoms with E-state index in [1.54, 1.807) is 7.11 Å². The summed E-state index contributed by atoms with van der Waals surface area (Å²) in [5, 5.41) is 12.6. The standard InChI is InChI=1S/C12H19NO2/c1-9-4-10(2)6-11(5-9)13-7-12(14)8-15-3/h4-6,12-14H,7-8H2,1-3H3. The topological polar surface area (TPSA) is 41.5 Å². The van der Waals surface area contributed by atoms with Crippen molar-refractivity contribution in [1.29, 1.82) is 0 Å². The van der Waals surface area contributed by atoms with Crippen molar-refractivity contribution in [1.82, 2.24) is 0 Å². The number of benzene rings is 1. The molecule has 0 heterocycles. The Morgan fingerprint density at radius 2 is 1.87 bits per heavy atom. The molecular weight excluding hydrogens is 190 g/mol. The van der Waals surface area contributed by atoms with Gasteiger partial charge in [-0.15, -0.1) is 0 Å². The fourth-order valence-corrected chi connectivity index (χ4v) is 1.56. The molecule has 84 valence electrons. The summed E-state index contributed by atoms with van der Waals surface area (Å²) in [6.07, 6.45) is -0.462. The lowest BCUT2D eigenvalue weighted by Gasteiger charge is -2.12. The van der Waals surface area contributed by atoms with Crippen LogP contribution in [0.4, 0.5) is 5.69 Å². The van der Waals surface area contributed by atoms with E-state index in [1.165, 1.54) is 11.1 Å². The van der Waals surface area contributed by atoms with E-state index in [0.29, 0.717) is 13.2 Å². The second-order valence-corrected chi connectivity index (χ2v) is 3.87. The first-order valence-corrected chi connectivity index (χ1v) is 5.11. The highest BCUT2D eigenvalue weighted by Crippen LogP contribution is 2.13. The summed E-state index contributed by atoms with van der Waals surface area (Å²) in [5.41, 5.74) is 3.49. The van der Waals surface area contributed by atoms with Gasteiger partial charge in [-0.3, -0.25) is 0 Å². The van der Waals surface area contributed by atoms with Gasteiger partial charge in [-0.1, -0.05) is 6.07 Å². The molecule has 0 saturated carbocycles. The van der Waals surface area contributed by atoms with Crippen LogP contribution < -0.4 is 5.32 Å². The largest absolute Gasteiger partial charge is 0.389 e. The van der Waals surface area contributed by atoms with Crippen molar-refractivity contribution in [2.45, 2.75) is 20.0 Å². The molecule has 0 aliphatic rings. The monoisotopic (exact) mass is 209 g/mol. The Hall–Kier alpha value is -1.06. The number of hydrogen-bond acceptors (Lipinski definition) is 3. The molecule has 15 heavy (non-hydrogen) atoms. The van der Waals surface area contributed by atoms with Gasteiger partial charge >= 0.3 is 0 Å². The number of aryl methyl sites for hydroxylation is 2. The molecule has 0 radical (unpaired) electrons. The highest BCUT2D eigenvalue weighted by molar-refractivity contribution is 5.48. The molecule has 1 aromatic carbocycles. The maximum Gasteiger partial charge on any atom is 0.0945 e. The number of hydrogen-bond donors (Lipinski definition) is 2. The number of anilines is 1. The number of ether oxygens (including phenoxy) is 1. The van der Waals surface area contributed by atoms with Crippen LogP contribution in [0.15, 0.2) is 18.2 Å². The van der Waals surface area contributed by atoms with Crippen molar-refractivity contribution >= 4 is 5.69 Å². The molecule has 0 amide bonds. The van der Waals surface area contributed by atoms with Crippen molar-refractivity contribution in [3.8, 4) is 0 Å². The van der Waals surface area contributed by atoms with Gasteiger partial charge in [-0.05, 0) is 37.1 Å². The van der Waals surface area contributed by atoms with Gasteiger partial charge < -0.3 is 15.2 Å². The zero-order valence-electron chi connectivity index (χ0n) is 9.58. The summed E-state index contributed by atoms with van der Waals surface area (Å²) in [6.45, 7) is 4.99. The molecule has 1 unspecified atom stereocenters. The zero-order valence-corrected chi connectivity index (χ0v) is 9.58. The van der Waals surface area contributed by atoms with E-state index < -0.39 is 6.10 Å². The minimum Gasteiger partial charge on any atom is -0.389 e. The lowest BCUT2D eigenvalue weighted by atomic mass is 10.1. The first kappa shape index (κ1) is 12.0. The average molecular weight is 209 g/mol. The third kappa shape index (κ3) is 4.32. The summed E-state index contributed by atoms with van der Waals surface area (Å²) < 4.78 is 4.85. The predicted molar refractivity (Wildman–Crippen MR) is 62.3 cm³/mol. The van der Waals surface area contributed by atoms with Gasteiger partial charge in [-0.25, -0.2) is 0 Å². The number of methoxy groups -OCH3 is 1. The Labute approximate surface area is 91.1 Å². The maximum absolute atomic E-state index is 9.46. The first-order chi connectivity index (χ1) is 7.11. The molecular formula is C12H19NO2. The van der Waals surface area contributed by atoms with Crippen LogP contribution in [0.2, 0.25) is 0 Å². The second kappa shape index (κ2) is 5.73. The molecule has 2 N–H and O–H groups in total. The molecule has 3 nitrogen and oxygen atoms in total. The molecule has 0 aliphatic carbocycles. The molecule has 0 spiro atoms. The van der Waals surface area contributed by atoms with Gasteiger partial charge in [0.15, 0.2) is 0 Å². The van der Waals surface area contributed by atoms with E-state index in [1.807, 2.05) is 0 Å². The Morgan fingerprint density at radius 3 is 2.40 bits per heavy atom. The lowest BCUT2D eigenvalue weighted by molar-refractivity contribution is 0.0727. The second-order valence-electron chi connectivity index (χ2n) is 3.87. The molecule has 0 bridgehead atoms. The fourth-order valence-electron chi connectivity index (χ4n) is 1.56. The zero-order chi connectivity index (χ0) is 11.3. The molecule has 0 fully saturated rings. The van der Waals surface area contributed by atoms with Gasteiger partial charge in [0.1, 0.15) is 0 Å². The molecule has 1 rings (SSSR count). The van der Waals surface area contributed by atoms with Crippen LogP contribution in [-0.4, -0.2) is 31.5 Å². The smallest absolute Gasteiger partial charge is 0.0945 e. The molecule has 3 heteroatoms. The molecule has 0 aromatic heterocycles. The Bertz CT molecular complexity index is 292. The SMILES string of the molecule is COCC(O)CNc1cc(C)cc(C)c1. The van der Waals surface area contributed by atoms with Gasteiger partial charge in [0, 0.05) is 19.3 Å². The maximum atomic E-state index is 9.46. The highest BCUT2D eigenvalue weighted by atomic mass is 16.5. The van der Waals surface area contributed by atoms with Gasteiger partial charge in [0.25, 0.3) is 0 Å². The summed E-state index contributed by atoms with van der Waals surface area (Å²) in [7, 11) is 1.58. The van der Waals surface area contributed by atoms with Gasteiger partial charge in [-0.2, -0.15) is 0 Å². The molecule has 0 saturated heterocycles. The van der Waals surface area contributed by atoms with Crippen molar-refractivity contribution in [3.05, 3.63) is 29.3 Å². The summed E-state index contributed by atoms with van der Waals surface area (Å²) >= 11 is 0.